The van der Waals surface area contributed by atoms with E-state index in [1.807, 2.05) is 22.7 Å². The van der Waals surface area contributed by atoms with Gasteiger partial charge in [0.1, 0.15) is 17.4 Å². The van der Waals surface area contributed by atoms with E-state index in [1.54, 1.807) is 37.4 Å². The molecule has 3 N–H and O–H groups in total. The van der Waals surface area contributed by atoms with Crippen LogP contribution in [0.1, 0.15) is 34.7 Å². The monoisotopic (exact) mass is 382 g/mol. The first-order valence-electron chi connectivity index (χ1n) is 9.13. The molecule has 0 aliphatic carbocycles. The summed E-state index contributed by atoms with van der Waals surface area (Å²) in [4.78, 5) is 43.0. The molecule has 9 nitrogen and oxygen atoms in total. The summed E-state index contributed by atoms with van der Waals surface area (Å²) in [7, 11) is 1.91. The maximum absolute atomic E-state index is 13.2. The Morgan fingerprint density at radius 1 is 1.25 bits per heavy atom. The van der Waals surface area contributed by atoms with Crippen molar-refractivity contribution in [3.8, 4) is 0 Å². The third kappa shape index (κ3) is 2.93. The van der Waals surface area contributed by atoms with Gasteiger partial charge in [-0.15, -0.1) is 0 Å². The van der Waals surface area contributed by atoms with Crippen molar-refractivity contribution >= 4 is 17.8 Å². The molecule has 2 aliphatic rings. The summed E-state index contributed by atoms with van der Waals surface area (Å²) in [6.07, 6.45) is 3.59. The summed E-state index contributed by atoms with van der Waals surface area (Å²) < 4.78 is 1.92. The number of imidazole rings is 1. The van der Waals surface area contributed by atoms with E-state index in [0.717, 1.165) is 12.4 Å². The molecule has 4 amide bonds. The Kier molecular flexibility index (Phi) is 4.38. The van der Waals surface area contributed by atoms with Crippen LogP contribution in [-0.4, -0.2) is 51.9 Å². The van der Waals surface area contributed by atoms with Crippen LogP contribution in [0.25, 0.3) is 0 Å². The molecule has 0 saturated carbocycles. The highest BCUT2D eigenvalue weighted by Gasteiger charge is 2.43. The smallest absolute Gasteiger partial charge is 0.322 e. The predicted octanol–water partition coefficient (Wildman–Crippen LogP) is 0.261. The predicted molar refractivity (Wildman–Crippen MR) is 100 cm³/mol. The summed E-state index contributed by atoms with van der Waals surface area (Å²) in [6.45, 7) is 3.57. The number of carbonyl (C=O) groups excluding carboxylic acids is 3. The lowest BCUT2D eigenvalue weighted by molar-refractivity contribution is -0.123. The Hall–Kier alpha value is -3.20. The minimum Gasteiger partial charge on any atom is -0.336 e. The van der Waals surface area contributed by atoms with Gasteiger partial charge in [-0.25, -0.2) is 9.78 Å². The Labute approximate surface area is 162 Å². The van der Waals surface area contributed by atoms with E-state index in [-0.39, 0.29) is 11.9 Å². The maximum atomic E-state index is 13.2. The average Bonchev–Trinajstić information content (AvgIpc) is 3.24. The molecule has 2 fully saturated rings. The van der Waals surface area contributed by atoms with Crippen LogP contribution in [0.5, 0.6) is 0 Å². The van der Waals surface area contributed by atoms with Gasteiger partial charge in [-0.1, -0.05) is 12.1 Å². The first-order chi connectivity index (χ1) is 13.4. The summed E-state index contributed by atoms with van der Waals surface area (Å²) in [5, 5.41) is 8.18. The van der Waals surface area contributed by atoms with E-state index in [4.69, 9.17) is 0 Å². The van der Waals surface area contributed by atoms with Crippen LogP contribution < -0.4 is 16.0 Å². The fourth-order valence-electron chi connectivity index (χ4n) is 3.73. The number of nitrogens with one attached hydrogen (secondary N) is 3. The highest BCUT2D eigenvalue weighted by Crippen LogP contribution is 2.26. The average molecular weight is 382 g/mol. The van der Waals surface area contributed by atoms with Crippen molar-refractivity contribution in [3.05, 3.63) is 53.6 Å². The van der Waals surface area contributed by atoms with Crippen molar-refractivity contribution in [2.45, 2.75) is 18.5 Å². The SMILES string of the molecule is Cn1ccnc1C1CNCCN1C(=O)c1ccc(C2(C)NC(=O)NC2=O)cc1. The van der Waals surface area contributed by atoms with Crippen molar-refractivity contribution in [2.24, 2.45) is 7.05 Å². The molecular formula is C19H22N6O3. The molecule has 1 aromatic carbocycles. The van der Waals surface area contributed by atoms with Crippen LogP contribution in [0.15, 0.2) is 36.7 Å². The van der Waals surface area contributed by atoms with Crippen LogP contribution in [0, 0.1) is 0 Å². The second-order valence-electron chi connectivity index (χ2n) is 7.23. The Morgan fingerprint density at radius 2 is 2.00 bits per heavy atom. The number of amides is 4. The number of urea groups is 1. The maximum Gasteiger partial charge on any atom is 0.322 e. The van der Waals surface area contributed by atoms with E-state index in [1.165, 1.54) is 0 Å². The first-order valence-corrected chi connectivity index (χ1v) is 9.13. The number of aryl methyl sites for hydroxylation is 1. The van der Waals surface area contributed by atoms with Gasteiger partial charge in [0, 0.05) is 44.6 Å². The molecule has 9 heteroatoms. The fraction of sp³-hybridized carbons (Fsp3) is 0.368. The van der Waals surface area contributed by atoms with Gasteiger partial charge >= 0.3 is 6.03 Å². The summed E-state index contributed by atoms with van der Waals surface area (Å²) in [5.41, 5.74) is 0.00924. The molecule has 146 valence electrons. The van der Waals surface area contributed by atoms with Gasteiger partial charge in [-0.2, -0.15) is 0 Å². The van der Waals surface area contributed by atoms with Crippen LogP contribution in [0.2, 0.25) is 0 Å². The van der Waals surface area contributed by atoms with Gasteiger partial charge in [0.05, 0.1) is 0 Å². The molecule has 3 heterocycles. The quantitative estimate of drug-likeness (QED) is 0.660. The van der Waals surface area contributed by atoms with Gasteiger partial charge < -0.3 is 20.1 Å². The fourth-order valence-corrected chi connectivity index (χ4v) is 3.73. The van der Waals surface area contributed by atoms with Crippen LogP contribution in [0.3, 0.4) is 0 Å². The number of aromatic nitrogens is 2. The topological polar surface area (TPSA) is 108 Å². The number of rotatable bonds is 3. The molecule has 2 aromatic rings. The van der Waals surface area contributed by atoms with Gasteiger partial charge in [0.25, 0.3) is 11.8 Å². The van der Waals surface area contributed by atoms with E-state index >= 15 is 0 Å². The Bertz CT molecular complexity index is 937. The molecule has 2 saturated heterocycles. The van der Waals surface area contributed by atoms with Crippen molar-refractivity contribution in [2.75, 3.05) is 19.6 Å². The lowest BCUT2D eigenvalue weighted by atomic mass is 9.91. The number of benzene rings is 1. The van der Waals surface area contributed by atoms with Crippen molar-refractivity contribution in [3.63, 3.8) is 0 Å². The normalized spacial score (nSPS) is 24.8. The zero-order valence-electron chi connectivity index (χ0n) is 15.7. The second-order valence-corrected chi connectivity index (χ2v) is 7.23. The second kappa shape index (κ2) is 6.75. The highest BCUT2D eigenvalue weighted by atomic mass is 16.2. The number of hydrogen-bond donors (Lipinski definition) is 3. The Balaban J connectivity index is 1.58. The number of carbonyl (C=O) groups is 3. The van der Waals surface area contributed by atoms with Gasteiger partial charge in [-0.3, -0.25) is 14.9 Å². The lowest BCUT2D eigenvalue weighted by Crippen LogP contribution is -2.49. The summed E-state index contributed by atoms with van der Waals surface area (Å²) in [5.74, 6) is 0.328. The zero-order chi connectivity index (χ0) is 19.9. The molecule has 0 spiro atoms. The molecule has 0 bridgehead atoms. The van der Waals surface area contributed by atoms with E-state index in [2.05, 4.69) is 20.9 Å². The zero-order valence-corrected chi connectivity index (χ0v) is 15.7. The highest BCUT2D eigenvalue weighted by molar-refractivity contribution is 6.07. The van der Waals surface area contributed by atoms with Gasteiger partial charge in [0.15, 0.2) is 0 Å². The van der Waals surface area contributed by atoms with Gasteiger partial charge in [-0.05, 0) is 24.6 Å². The van der Waals surface area contributed by atoms with Crippen LogP contribution in [-0.2, 0) is 17.4 Å². The largest absolute Gasteiger partial charge is 0.336 e. The van der Waals surface area contributed by atoms with E-state index in [9.17, 15) is 14.4 Å². The minimum atomic E-state index is -1.14. The van der Waals surface area contributed by atoms with Gasteiger partial charge in [0.2, 0.25) is 0 Å². The van der Waals surface area contributed by atoms with E-state index < -0.39 is 17.5 Å². The summed E-state index contributed by atoms with van der Waals surface area (Å²) in [6, 6.07) is 6.12. The van der Waals surface area contributed by atoms with E-state index in [0.29, 0.717) is 24.2 Å². The number of nitrogens with zero attached hydrogens (tertiary/aromatic N) is 3. The summed E-state index contributed by atoms with van der Waals surface area (Å²) >= 11 is 0. The molecule has 4 rings (SSSR count). The number of hydrogen-bond acceptors (Lipinski definition) is 5. The third-order valence-electron chi connectivity index (χ3n) is 5.41. The molecule has 1 aromatic heterocycles. The number of imide groups is 1. The van der Waals surface area contributed by atoms with Crippen LogP contribution >= 0.6 is 0 Å². The lowest BCUT2D eigenvalue weighted by Gasteiger charge is -2.36. The molecule has 2 aliphatic heterocycles. The molecule has 2 unspecified atom stereocenters. The molecule has 28 heavy (non-hydrogen) atoms. The Morgan fingerprint density at radius 3 is 2.61 bits per heavy atom. The third-order valence-corrected chi connectivity index (χ3v) is 5.41. The van der Waals surface area contributed by atoms with Crippen molar-refractivity contribution in [1.82, 2.24) is 30.4 Å². The van der Waals surface area contributed by atoms with Crippen LogP contribution in [0.4, 0.5) is 4.79 Å². The molecule has 2 atom stereocenters. The first kappa shape index (κ1) is 18.2. The molecule has 0 radical (unpaired) electrons. The van der Waals surface area contributed by atoms with Crippen molar-refractivity contribution < 1.29 is 14.4 Å². The van der Waals surface area contributed by atoms with Crippen molar-refractivity contribution in [1.29, 1.82) is 0 Å². The number of piperazine rings is 1. The molecular weight excluding hydrogens is 360 g/mol. The minimum absolute atomic E-state index is 0.0916. The standard InChI is InChI=1S/C19H22N6O3/c1-19(17(27)22-18(28)23-19)13-5-3-12(4-6-13)16(26)25-10-7-20-11-14(25)15-21-8-9-24(15)2/h3-6,8-9,14,20H,7,10-11H2,1-2H3,(H2,22,23,27,28).